The van der Waals surface area contributed by atoms with E-state index in [1.807, 2.05) is 6.33 Å². The van der Waals surface area contributed by atoms with E-state index < -0.39 is 0 Å². The molecule has 2 rings (SSSR count). The maximum atomic E-state index is 4.18. The molecule has 3 nitrogen and oxygen atoms in total. The Bertz CT molecular complexity index is 423. The summed E-state index contributed by atoms with van der Waals surface area (Å²) in [6.45, 7) is 6.48. The van der Waals surface area contributed by atoms with Gasteiger partial charge in [0.25, 0.3) is 0 Å². The van der Waals surface area contributed by atoms with Crippen molar-refractivity contribution in [3.05, 3.63) is 34.5 Å². The fourth-order valence-electron chi connectivity index (χ4n) is 1.52. The van der Waals surface area contributed by atoms with Gasteiger partial charge in [-0.25, -0.2) is 0 Å². The van der Waals surface area contributed by atoms with Gasteiger partial charge in [-0.1, -0.05) is 0 Å². The Morgan fingerprint density at radius 3 is 2.80 bits per heavy atom. The Balaban J connectivity index is 2.26. The van der Waals surface area contributed by atoms with Crippen molar-refractivity contribution in [1.82, 2.24) is 14.8 Å². The normalized spacial score (nSPS) is 11.9. The highest BCUT2D eigenvalue weighted by Crippen LogP contribution is 2.18. The van der Waals surface area contributed by atoms with E-state index in [0.717, 1.165) is 12.2 Å². The first-order chi connectivity index (χ1) is 7.07. The minimum atomic E-state index is 0.0505. The molecule has 0 saturated carbocycles. The molecule has 4 heteroatoms. The van der Waals surface area contributed by atoms with Gasteiger partial charge in [-0.2, -0.15) is 11.3 Å². The standard InChI is InChI=1S/C11H15N3S/c1-11(2,3)14-8-12-13-10(14)6-9-4-5-15-7-9/h4-5,7-8H,6H2,1-3H3. The maximum absolute atomic E-state index is 4.18. The first-order valence-corrected chi connectivity index (χ1v) is 5.92. The first kappa shape index (κ1) is 10.4. The van der Waals surface area contributed by atoms with Crippen LogP contribution in [-0.2, 0) is 12.0 Å². The van der Waals surface area contributed by atoms with Crippen molar-refractivity contribution < 1.29 is 0 Å². The molecule has 0 N–H and O–H groups in total. The lowest BCUT2D eigenvalue weighted by Gasteiger charge is -2.22. The molecule has 2 heterocycles. The monoisotopic (exact) mass is 221 g/mol. The van der Waals surface area contributed by atoms with Crippen molar-refractivity contribution in [1.29, 1.82) is 0 Å². The topological polar surface area (TPSA) is 30.7 Å². The van der Waals surface area contributed by atoms with Crippen molar-refractivity contribution >= 4 is 11.3 Å². The molecule has 2 aromatic rings. The predicted octanol–water partition coefficient (Wildman–Crippen LogP) is 2.69. The summed E-state index contributed by atoms with van der Waals surface area (Å²) in [6.07, 6.45) is 2.67. The molecule has 15 heavy (non-hydrogen) atoms. The van der Waals surface area contributed by atoms with Gasteiger partial charge in [-0.15, -0.1) is 10.2 Å². The van der Waals surface area contributed by atoms with E-state index in [1.54, 1.807) is 11.3 Å². The van der Waals surface area contributed by atoms with Crippen molar-refractivity contribution in [2.75, 3.05) is 0 Å². The van der Waals surface area contributed by atoms with E-state index in [2.05, 4.69) is 52.4 Å². The fourth-order valence-corrected chi connectivity index (χ4v) is 2.18. The van der Waals surface area contributed by atoms with Gasteiger partial charge in [-0.05, 0) is 43.2 Å². The van der Waals surface area contributed by atoms with Crippen LogP contribution >= 0.6 is 11.3 Å². The maximum Gasteiger partial charge on any atom is 0.137 e. The van der Waals surface area contributed by atoms with Gasteiger partial charge in [0.2, 0.25) is 0 Å². The molecule has 0 aromatic carbocycles. The lowest BCUT2D eigenvalue weighted by atomic mass is 10.1. The van der Waals surface area contributed by atoms with Crippen LogP contribution in [0.15, 0.2) is 23.2 Å². The van der Waals surface area contributed by atoms with Gasteiger partial charge in [0.1, 0.15) is 12.2 Å². The highest BCUT2D eigenvalue weighted by molar-refractivity contribution is 7.07. The zero-order valence-electron chi connectivity index (χ0n) is 9.27. The Kier molecular flexibility index (Phi) is 2.61. The van der Waals surface area contributed by atoms with Crippen LogP contribution in [0, 0.1) is 0 Å². The molecule has 0 radical (unpaired) electrons. The zero-order chi connectivity index (χ0) is 10.9. The third-order valence-electron chi connectivity index (χ3n) is 2.28. The van der Waals surface area contributed by atoms with Crippen LogP contribution in [0.4, 0.5) is 0 Å². The molecule has 2 aromatic heterocycles. The summed E-state index contributed by atoms with van der Waals surface area (Å²) in [5.74, 6) is 1.03. The Morgan fingerprint density at radius 2 is 2.20 bits per heavy atom. The summed E-state index contributed by atoms with van der Waals surface area (Å²) in [7, 11) is 0. The summed E-state index contributed by atoms with van der Waals surface area (Å²) in [4.78, 5) is 0. The highest BCUT2D eigenvalue weighted by atomic mass is 32.1. The Labute approximate surface area is 93.8 Å². The third kappa shape index (κ3) is 2.26. The lowest BCUT2D eigenvalue weighted by molar-refractivity contribution is 0.384. The van der Waals surface area contributed by atoms with E-state index in [4.69, 9.17) is 0 Å². The molecule has 80 valence electrons. The average Bonchev–Trinajstić information content (AvgIpc) is 2.73. The minimum Gasteiger partial charge on any atom is -0.312 e. The Hall–Kier alpha value is -1.16. The summed E-state index contributed by atoms with van der Waals surface area (Å²) < 4.78 is 2.13. The molecule has 0 aliphatic carbocycles. The van der Waals surface area contributed by atoms with E-state index in [-0.39, 0.29) is 5.54 Å². The number of rotatable bonds is 2. The molecule has 0 atom stereocenters. The van der Waals surface area contributed by atoms with Gasteiger partial charge < -0.3 is 4.57 Å². The largest absolute Gasteiger partial charge is 0.312 e. The molecular formula is C11H15N3S. The summed E-state index contributed by atoms with van der Waals surface area (Å²) in [6, 6.07) is 2.13. The number of hydrogen-bond acceptors (Lipinski definition) is 3. The van der Waals surface area contributed by atoms with Crippen molar-refractivity contribution in [3.8, 4) is 0 Å². The predicted molar refractivity (Wildman–Crippen MR) is 62.1 cm³/mol. The van der Waals surface area contributed by atoms with E-state index in [9.17, 15) is 0 Å². The van der Waals surface area contributed by atoms with Crippen LogP contribution < -0.4 is 0 Å². The molecule has 0 spiro atoms. The molecule has 0 aliphatic heterocycles. The van der Waals surface area contributed by atoms with Crippen LogP contribution in [0.2, 0.25) is 0 Å². The number of thiophene rings is 1. The van der Waals surface area contributed by atoms with Gasteiger partial charge in [-0.3, -0.25) is 0 Å². The van der Waals surface area contributed by atoms with Crippen LogP contribution in [-0.4, -0.2) is 14.8 Å². The average molecular weight is 221 g/mol. The first-order valence-electron chi connectivity index (χ1n) is 4.98. The third-order valence-corrected chi connectivity index (χ3v) is 3.02. The smallest absolute Gasteiger partial charge is 0.137 e. The number of hydrogen-bond donors (Lipinski definition) is 0. The van der Waals surface area contributed by atoms with Gasteiger partial charge >= 0.3 is 0 Å². The molecule has 0 bridgehead atoms. The molecule has 0 unspecified atom stereocenters. The van der Waals surface area contributed by atoms with Crippen molar-refractivity contribution in [2.45, 2.75) is 32.7 Å². The van der Waals surface area contributed by atoms with Crippen LogP contribution in [0.3, 0.4) is 0 Å². The van der Waals surface area contributed by atoms with Crippen molar-refractivity contribution in [2.24, 2.45) is 0 Å². The molecular weight excluding hydrogens is 206 g/mol. The lowest BCUT2D eigenvalue weighted by Crippen LogP contribution is -2.23. The Morgan fingerprint density at radius 1 is 1.40 bits per heavy atom. The molecule has 0 saturated heterocycles. The quantitative estimate of drug-likeness (QED) is 0.780. The summed E-state index contributed by atoms with van der Waals surface area (Å²) in [5, 5.41) is 12.4. The van der Waals surface area contributed by atoms with Crippen molar-refractivity contribution in [3.63, 3.8) is 0 Å². The summed E-state index contributed by atoms with van der Waals surface area (Å²) in [5.41, 5.74) is 1.35. The van der Waals surface area contributed by atoms with Gasteiger partial charge in [0.05, 0.1) is 0 Å². The SMILES string of the molecule is CC(C)(C)n1cnnc1Cc1ccsc1. The number of aromatic nitrogens is 3. The van der Waals surface area contributed by atoms with Crippen LogP contribution in [0.5, 0.6) is 0 Å². The van der Waals surface area contributed by atoms with E-state index in [0.29, 0.717) is 0 Å². The van der Waals surface area contributed by atoms with E-state index in [1.165, 1.54) is 5.56 Å². The highest BCUT2D eigenvalue weighted by Gasteiger charge is 2.17. The molecule has 0 amide bonds. The fraction of sp³-hybridized carbons (Fsp3) is 0.455. The van der Waals surface area contributed by atoms with Gasteiger partial charge in [0, 0.05) is 12.0 Å². The van der Waals surface area contributed by atoms with E-state index >= 15 is 0 Å². The zero-order valence-corrected chi connectivity index (χ0v) is 10.1. The second kappa shape index (κ2) is 3.77. The summed E-state index contributed by atoms with van der Waals surface area (Å²) >= 11 is 1.72. The second-order valence-corrected chi connectivity index (χ2v) is 5.38. The number of nitrogens with zero attached hydrogens (tertiary/aromatic N) is 3. The minimum absolute atomic E-state index is 0.0505. The molecule has 0 fully saturated rings. The van der Waals surface area contributed by atoms with Crippen LogP contribution in [0.1, 0.15) is 32.2 Å². The second-order valence-electron chi connectivity index (χ2n) is 4.60. The molecule has 0 aliphatic rings. The van der Waals surface area contributed by atoms with Crippen LogP contribution in [0.25, 0.3) is 0 Å². The van der Waals surface area contributed by atoms with Gasteiger partial charge in [0.15, 0.2) is 0 Å².